The molecule has 84 valence electrons. The Hall–Kier alpha value is -1.46. The zero-order valence-electron chi connectivity index (χ0n) is 9.10. The van der Waals surface area contributed by atoms with Gasteiger partial charge in [0.1, 0.15) is 10.8 Å². The Labute approximate surface area is 97.5 Å². The highest BCUT2D eigenvalue weighted by Gasteiger charge is 2.05. The van der Waals surface area contributed by atoms with Gasteiger partial charge in [0.05, 0.1) is 6.61 Å². The number of aliphatic hydroxyl groups excluding tert-OH is 1. The van der Waals surface area contributed by atoms with Crippen LogP contribution in [0, 0.1) is 13.8 Å². The van der Waals surface area contributed by atoms with Crippen molar-refractivity contribution in [2.24, 2.45) is 0 Å². The Kier molecular flexibility index (Phi) is 3.17. The molecule has 0 atom stereocenters. The topological polar surface area (TPSA) is 55.2 Å². The molecule has 1 heterocycles. The minimum Gasteiger partial charge on any atom is -0.430 e. The smallest absolute Gasteiger partial charge is 0.299 e. The Morgan fingerprint density at radius 2 is 2.06 bits per heavy atom. The highest BCUT2D eigenvalue weighted by atomic mass is 32.1. The first-order valence-electron chi connectivity index (χ1n) is 4.87. The lowest BCUT2D eigenvalue weighted by Crippen LogP contribution is -1.86. The Balaban J connectivity index is 2.17. The van der Waals surface area contributed by atoms with Gasteiger partial charge >= 0.3 is 0 Å². The molecule has 0 radical (unpaired) electrons. The third kappa shape index (κ3) is 2.37. The van der Waals surface area contributed by atoms with E-state index in [9.17, 15) is 0 Å². The molecule has 16 heavy (non-hydrogen) atoms. The predicted molar refractivity (Wildman–Crippen MR) is 61.8 cm³/mol. The number of aryl methyl sites for hydroxylation is 2. The molecule has 0 bridgehead atoms. The number of hydrogen-bond acceptors (Lipinski definition) is 5. The van der Waals surface area contributed by atoms with Crippen LogP contribution in [0.2, 0.25) is 0 Å². The summed E-state index contributed by atoms with van der Waals surface area (Å²) in [6.45, 7) is 3.98. The van der Waals surface area contributed by atoms with Crippen molar-refractivity contribution in [3.8, 4) is 10.9 Å². The number of ether oxygens (including phenoxy) is 1. The van der Waals surface area contributed by atoms with Gasteiger partial charge in [0.25, 0.3) is 5.19 Å². The fraction of sp³-hybridized carbons (Fsp3) is 0.273. The molecule has 4 nitrogen and oxygen atoms in total. The van der Waals surface area contributed by atoms with Gasteiger partial charge < -0.3 is 9.84 Å². The number of aromatic nitrogens is 2. The monoisotopic (exact) mass is 236 g/mol. The van der Waals surface area contributed by atoms with E-state index in [4.69, 9.17) is 9.84 Å². The van der Waals surface area contributed by atoms with Crippen LogP contribution in [-0.2, 0) is 6.61 Å². The van der Waals surface area contributed by atoms with Crippen LogP contribution in [0.3, 0.4) is 0 Å². The summed E-state index contributed by atoms with van der Waals surface area (Å²) in [6, 6.07) is 5.84. The average molecular weight is 236 g/mol. The second kappa shape index (κ2) is 4.59. The van der Waals surface area contributed by atoms with Crippen molar-refractivity contribution in [3.63, 3.8) is 0 Å². The highest BCUT2D eigenvalue weighted by Crippen LogP contribution is 2.26. The van der Waals surface area contributed by atoms with Crippen LogP contribution in [0.4, 0.5) is 0 Å². The van der Waals surface area contributed by atoms with Crippen LogP contribution < -0.4 is 4.74 Å². The molecule has 1 aromatic carbocycles. The first kappa shape index (κ1) is 11.0. The lowest BCUT2D eigenvalue weighted by Gasteiger charge is -2.04. The molecule has 5 heteroatoms. The predicted octanol–water partition coefficient (Wildman–Crippen LogP) is 2.44. The van der Waals surface area contributed by atoms with Crippen LogP contribution >= 0.6 is 11.3 Å². The summed E-state index contributed by atoms with van der Waals surface area (Å²) < 4.78 is 5.53. The molecule has 0 aliphatic heterocycles. The number of rotatable bonds is 3. The first-order chi connectivity index (χ1) is 7.69. The summed E-state index contributed by atoms with van der Waals surface area (Å²) in [4.78, 5) is 0. The van der Waals surface area contributed by atoms with Gasteiger partial charge in [0.2, 0.25) is 0 Å². The molecule has 1 aromatic heterocycles. The Morgan fingerprint density at radius 3 is 2.69 bits per heavy atom. The van der Waals surface area contributed by atoms with E-state index in [1.165, 1.54) is 22.5 Å². The van der Waals surface area contributed by atoms with Gasteiger partial charge in [0.15, 0.2) is 0 Å². The van der Waals surface area contributed by atoms with E-state index in [1.54, 1.807) is 0 Å². The van der Waals surface area contributed by atoms with E-state index < -0.39 is 0 Å². The molecule has 0 aliphatic rings. The lowest BCUT2D eigenvalue weighted by atomic mass is 10.1. The van der Waals surface area contributed by atoms with Crippen molar-refractivity contribution in [2.45, 2.75) is 20.5 Å². The van der Waals surface area contributed by atoms with E-state index >= 15 is 0 Å². The van der Waals surface area contributed by atoms with Gasteiger partial charge in [-0.25, -0.2) is 0 Å². The number of hydrogen-bond donors (Lipinski definition) is 1. The van der Waals surface area contributed by atoms with Gasteiger partial charge in [-0.1, -0.05) is 22.5 Å². The number of aliphatic hydroxyl groups is 1. The Bertz CT molecular complexity index is 496. The van der Waals surface area contributed by atoms with Crippen molar-refractivity contribution >= 4 is 11.3 Å². The summed E-state index contributed by atoms with van der Waals surface area (Å²) in [7, 11) is 0. The normalized spacial score (nSPS) is 10.4. The van der Waals surface area contributed by atoms with Crippen LogP contribution in [0.15, 0.2) is 18.2 Å². The van der Waals surface area contributed by atoms with Crippen molar-refractivity contribution in [2.75, 3.05) is 0 Å². The highest BCUT2D eigenvalue weighted by molar-refractivity contribution is 7.13. The van der Waals surface area contributed by atoms with E-state index in [0.29, 0.717) is 10.2 Å². The quantitative estimate of drug-likeness (QED) is 0.889. The van der Waals surface area contributed by atoms with E-state index in [0.717, 1.165) is 5.75 Å². The van der Waals surface area contributed by atoms with Crippen molar-refractivity contribution in [1.82, 2.24) is 10.2 Å². The summed E-state index contributed by atoms with van der Waals surface area (Å²) in [6.07, 6.45) is 0. The maximum atomic E-state index is 8.85. The van der Waals surface area contributed by atoms with E-state index in [1.807, 2.05) is 32.0 Å². The van der Waals surface area contributed by atoms with Crippen molar-refractivity contribution in [1.29, 1.82) is 0 Å². The van der Waals surface area contributed by atoms with Gasteiger partial charge in [-0.2, -0.15) is 0 Å². The maximum Gasteiger partial charge on any atom is 0.299 e. The summed E-state index contributed by atoms with van der Waals surface area (Å²) in [5.41, 5.74) is 2.39. The third-order valence-corrected chi connectivity index (χ3v) is 3.05. The minimum atomic E-state index is -0.103. The fourth-order valence-electron chi connectivity index (χ4n) is 1.22. The van der Waals surface area contributed by atoms with Gasteiger partial charge in [-0.05, 0) is 37.1 Å². The summed E-state index contributed by atoms with van der Waals surface area (Å²) >= 11 is 1.24. The standard InChI is InChI=1S/C11H12N2O2S/c1-7-3-4-9(5-8(7)2)15-11-13-12-10(6-14)16-11/h3-5,14H,6H2,1-2H3. The molecule has 2 rings (SSSR count). The maximum absolute atomic E-state index is 8.85. The van der Waals surface area contributed by atoms with Gasteiger partial charge in [-0.15, -0.1) is 5.10 Å². The number of benzene rings is 1. The molecule has 0 amide bonds. The van der Waals surface area contributed by atoms with Gasteiger partial charge in [-0.3, -0.25) is 0 Å². The van der Waals surface area contributed by atoms with Gasteiger partial charge in [0, 0.05) is 0 Å². The van der Waals surface area contributed by atoms with Crippen LogP contribution in [0.25, 0.3) is 0 Å². The van der Waals surface area contributed by atoms with E-state index in [2.05, 4.69) is 10.2 Å². The summed E-state index contributed by atoms with van der Waals surface area (Å²) in [5, 5.41) is 17.4. The zero-order chi connectivity index (χ0) is 11.5. The van der Waals surface area contributed by atoms with Crippen molar-refractivity contribution < 1.29 is 9.84 Å². The lowest BCUT2D eigenvalue weighted by molar-refractivity contribution is 0.280. The average Bonchev–Trinajstić information content (AvgIpc) is 2.71. The summed E-state index contributed by atoms with van der Waals surface area (Å²) in [5.74, 6) is 0.740. The zero-order valence-corrected chi connectivity index (χ0v) is 9.91. The molecule has 0 saturated heterocycles. The fourth-order valence-corrected chi connectivity index (χ4v) is 1.79. The molecule has 0 unspecified atom stereocenters. The molecule has 1 N–H and O–H groups in total. The molecule has 2 aromatic rings. The molecule has 0 saturated carbocycles. The molecule has 0 aliphatic carbocycles. The van der Waals surface area contributed by atoms with E-state index in [-0.39, 0.29) is 6.61 Å². The van der Waals surface area contributed by atoms with Crippen LogP contribution in [-0.4, -0.2) is 15.3 Å². The molecule has 0 spiro atoms. The first-order valence-corrected chi connectivity index (χ1v) is 5.69. The SMILES string of the molecule is Cc1ccc(Oc2nnc(CO)s2)cc1C. The Morgan fingerprint density at radius 1 is 1.25 bits per heavy atom. The molecular weight excluding hydrogens is 224 g/mol. The van der Waals surface area contributed by atoms with Crippen LogP contribution in [0.5, 0.6) is 10.9 Å². The second-order valence-corrected chi connectivity index (χ2v) is 4.49. The largest absolute Gasteiger partial charge is 0.430 e. The second-order valence-electron chi connectivity index (χ2n) is 3.47. The minimum absolute atomic E-state index is 0.103. The van der Waals surface area contributed by atoms with Crippen LogP contribution in [0.1, 0.15) is 16.1 Å². The molecular formula is C11H12N2O2S. The molecule has 0 fully saturated rings. The third-order valence-electron chi connectivity index (χ3n) is 2.27. The number of nitrogens with zero attached hydrogens (tertiary/aromatic N) is 2. The van der Waals surface area contributed by atoms with Crippen molar-refractivity contribution in [3.05, 3.63) is 34.3 Å².